The molecular formula is C12H18N2O5S. The van der Waals surface area contributed by atoms with E-state index in [0.29, 0.717) is 18.9 Å². The van der Waals surface area contributed by atoms with E-state index in [1.54, 1.807) is 13.0 Å². The Morgan fingerprint density at radius 3 is 2.65 bits per heavy atom. The predicted octanol–water partition coefficient (Wildman–Crippen LogP) is 0.244. The first-order valence-corrected chi connectivity index (χ1v) is 7.39. The van der Waals surface area contributed by atoms with Gasteiger partial charge in [-0.25, -0.2) is 13.6 Å². The lowest BCUT2D eigenvalue weighted by Crippen LogP contribution is -2.20. The number of sulfonamides is 1. The van der Waals surface area contributed by atoms with Crippen LogP contribution < -0.4 is 10.5 Å². The normalized spacial score (nSPS) is 11.3. The minimum absolute atomic E-state index is 0.0568. The summed E-state index contributed by atoms with van der Waals surface area (Å²) < 4.78 is 32.3. The van der Waals surface area contributed by atoms with Gasteiger partial charge in [0.1, 0.15) is 6.61 Å². The van der Waals surface area contributed by atoms with Crippen molar-refractivity contribution in [2.24, 2.45) is 5.14 Å². The third kappa shape index (κ3) is 5.25. The van der Waals surface area contributed by atoms with Crippen LogP contribution >= 0.6 is 0 Å². The number of nitrogens with one attached hydrogen (secondary N) is 1. The second-order valence-electron chi connectivity index (χ2n) is 4.12. The quantitative estimate of drug-likeness (QED) is 0.702. The number of rotatable bonds is 7. The number of nitrogens with two attached hydrogens (primary N) is 1. The van der Waals surface area contributed by atoms with Crippen LogP contribution in [0.2, 0.25) is 0 Å². The fourth-order valence-corrected chi connectivity index (χ4v) is 1.95. The van der Waals surface area contributed by atoms with Gasteiger partial charge < -0.3 is 14.8 Å². The molecule has 1 aromatic rings. The van der Waals surface area contributed by atoms with Gasteiger partial charge >= 0.3 is 0 Å². The largest absolute Gasteiger partial charge is 0.382 e. The number of carbonyl (C=O) groups excluding carboxylic acids is 1. The SMILES string of the molecule is COCCOCC(=O)Nc1cc(S(N)(=O)=O)ccc1C. The van der Waals surface area contributed by atoms with Crippen molar-refractivity contribution in [1.82, 2.24) is 0 Å². The van der Waals surface area contributed by atoms with E-state index >= 15 is 0 Å². The highest BCUT2D eigenvalue weighted by atomic mass is 32.2. The van der Waals surface area contributed by atoms with Gasteiger partial charge in [-0.1, -0.05) is 6.07 Å². The van der Waals surface area contributed by atoms with E-state index in [-0.39, 0.29) is 17.4 Å². The molecule has 8 heteroatoms. The number of benzene rings is 1. The van der Waals surface area contributed by atoms with E-state index in [2.05, 4.69) is 5.32 Å². The number of hydrogen-bond donors (Lipinski definition) is 2. The van der Waals surface area contributed by atoms with Crippen LogP contribution in [0.25, 0.3) is 0 Å². The zero-order valence-electron chi connectivity index (χ0n) is 11.4. The molecule has 112 valence electrons. The monoisotopic (exact) mass is 302 g/mol. The molecular weight excluding hydrogens is 284 g/mol. The number of amides is 1. The molecule has 0 aromatic heterocycles. The molecule has 0 heterocycles. The molecule has 0 fully saturated rings. The van der Waals surface area contributed by atoms with E-state index < -0.39 is 10.0 Å². The average molecular weight is 302 g/mol. The molecule has 3 N–H and O–H groups in total. The summed E-state index contributed by atoms with van der Waals surface area (Å²) in [6.07, 6.45) is 0. The van der Waals surface area contributed by atoms with Crippen molar-refractivity contribution in [3.8, 4) is 0 Å². The van der Waals surface area contributed by atoms with Crippen LogP contribution in [0.4, 0.5) is 5.69 Å². The summed E-state index contributed by atoms with van der Waals surface area (Å²) in [4.78, 5) is 11.6. The number of methoxy groups -OCH3 is 1. The van der Waals surface area contributed by atoms with Crippen molar-refractivity contribution in [3.63, 3.8) is 0 Å². The van der Waals surface area contributed by atoms with Gasteiger partial charge in [0.2, 0.25) is 15.9 Å². The molecule has 0 unspecified atom stereocenters. The van der Waals surface area contributed by atoms with Crippen LogP contribution in [0.1, 0.15) is 5.56 Å². The van der Waals surface area contributed by atoms with Crippen LogP contribution in [-0.2, 0) is 24.3 Å². The lowest BCUT2D eigenvalue weighted by atomic mass is 10.2. The summed E-state index contributed by atoms with van der Waals surface area (Å²) in [6.45, 7) is 2.31. The van der Waals surface area contributed by atoms with Crippen molar-refractivity contribution in [3.05, 3.63) is 23.8 Å². The van der Waals surface area contributed by atoms with Crippen molar-refractivity contribution in [2.45, 2.75) is 11.8 Å². The Hall–Kier alpha value is -1.48. The third-order valence-electron chi connectivity index (χ3n) is 2.48. The number of hydrogen-bond acceptors (Lipinski definition) is 5. The average Bonchev–Trinajstić information content (AvgIpc) is 2.36. The van der Waals surface area contributed by atoms with Crippen molar-refractivity contribution in [1.29, 1.82) is 0 Å². The molecule has 0 atom stereocenters. The van der Waals surface area contributed by atoms with Gasteiger partial charge in [-0.3, -0.25) is 4.79 Å². The highest BCUT2D eigenvalue weighted by Crippen LogP contribution is 2.19. The molecule has 0 spiro atoms. The van der Waals surface area contributed by atoms with Crippen LogP contribution in [0.15, 0.2) is 23.1 Å². The van der Waals surface area contributed by atoms with Gasteiger partial charge in [-0.2, -0.15) is 0 Å². The summed E-state index contributed by atoms with van der Waals surface area (Å²) in [5, 5.41) is 7.62. The van der Waals surface area contributed by atoms with E-state index in [1.165, 1.54) is 19.2 Å². The maximum Gasteiger partial charge on any atom is 0.250 e. The summed E-state index contributed by atoms with van der Waals surface area (Å²) in [5.74, 6) is -0.379. The lowest BCUT2D eigenvalue weighted by molar-refractivity contribution is -0.121. The van der Waals surface area contributed by atoms with Gasteiger partial charge in [-0.15, -0.1) is 0 Å². The second kappa shape index (κ2) is 7.34. The Kier molecular flexibility index (Phi) is 6.08. The summed E-state index contributed by atoms with van der Waals surface area (Å²) in [6, 6.07) is 4.27. The van der Waals surface area contributed by atoms with Crippen LogP contribution in [0.3, 0.4) is 0 Å². The third-order valence-corrected chi connectivity index (χ3v) is 3.39. The molecule has 0 bridgehead atoms. The van der Waals surface area contributed by atoms with Gasteiger partial charge in [-0.05, 0) is 24.6 Å². The molecule has 0 saturated carbocycles. The number of aryl methyl sites for hydroxylation is 1. The van der Waals surface area contributed by atoms with E-state index in [1.807, 2.05) is 0 Å². The highest BCUT2D eigenvalue weighted by molar-refractivity contribution is 7.89. The Balaban J connectivity index is 2.69. The second-order valence-corrected chi connectivity index (χ2v) is 5.68. The standard InChI is InChI=1S/C12H18N2O5S/c1-9-3-4-10(20(13,16)17)7-11(9)14-12(15)8-19-6-5-18-2/h3-4,7H,5-6,8H2,1-2H3,(H,14,15)(H2,13,16,17). The van der Waals surface area contributed by atoms with Crippen molar-refractivity contribution >= 4 is 21.6 Å². The van der Waals surface area contributed by atoms with Gasteiger partial charge in [0.15, 0.2) is 0 Å². The molecule has 0 saturated heterocycles. The van der Waals surface area contributed by atoms with Crippen LogP contribution in [-0.4, -0.2) is 41.3 Å². The first-order valence-electron chi connectivity index (χ1n) is 5.84. The number of primary sulfonamides is 1. The highest BCUT2D eigenvalue weighted by Gasteiger charge is 2.11. The maximum absolute atomic E-state index is 11.6. The molecule has 1 aromatic carbocycles. The van der Waals surface area contributed by atoms with E-state index in [0.717, 1.165) is 5.56 Å². The molecule has 1 rings (SSSR count). The minimum Gasteiger partial charge on any atom is -0.382 e. The number of ether oxygens (including phenoxy) is 2. The molecule has 20 heavy (non-hydrogen) atoms. The molecule has 1 amide bonds. The fourth-order valence-electron chi connectivity index (χ4n) is 1.41. The van der Waals surface area contributed by atoms with Gasteiger partial charge in [0, 0.05) is 12.8 Å². The zero-order valence-corrected chi connectivity index (χ0v) is 12.2. The van der Waals surface area contributed by atoms with Crippen molar-refractivity contribution < 1.29 is 22.7 Å². The summed E-state index contributed by atoms with van der Waals surface area (Å²) in [5.41, 5.74) is 1.11. The minimum atomic E-state index is -3.80. The molecule has 7 nitrogen and oxygen atoms in total. The smallest absolute Gasteiger partial charge is 0.250 e. The number of carbonyl (C=O) groups is 1. The predicted molar refractivity (Wildman–Crippen MR) is 73.9 cm³/mol. The summed E-state index contributed by atoms with van der Waals surface area (Å²) >= 11 is 0. The molecule has 0 aliphatic heterocycles. The topological polar surface area (TPSA) is 108 Å². The Bertz CT molecular complexity index is 571. The maximum atomic E-state index is 11.6. The van der Waals surface area contributed by atoms with Crippen LogP contribution in [0.5, 0.6) is 0 Å². The van der Waals surface area contributed by atoms with E-state index in [9.17, 15) is 13.2 Å². The Morgan fingerprint density at radius 1 is 1.35 bits per heavy atom. The van der Waals surface area contributed by atoms with E-state index in [4.69, 9.17) is 14.6 Å². The first-order chi connectivity index (χ1) is 9.34. The molecule has 0 radical (unpaired) electrons. The molecule has 0 aliphatic carbocycles. The number of anilines is 1. The van der Waals surface area contributed by atoms with Crippen molar-refractivity contribution in [2.75, 3.05) is 32.2 Å². The Morgan fingerprint density at radius 2 is 2.05 bits per heavy atom. The lowest BCUT2D eigenvalue weighted by Gasteiger charge is -2.10. The van der Waals surface area contributed by atoms with Gasteiger partial charge in [0.05, 0.1) is 18.1 Å². The Labute approximate surface area is 118 Å². The first kappa shape index (κ1) is 16.6. The molecule has 0 aliphatic rings. The summed E-state index contributed by atoms with van der Waals surface area (Å²) in [7, 11) is -2.27. The van der Waals surface area contributed by atoms with Crippen LogP contribution in [0, 0.1) is 6.92 Å². The fraction of sp³-hybridized carbons (Fsp3) is 0.417. The van der Waals surface area contributed by atoms with Gasteiger partial charge in [0.25, 0.3) is 0 Å². The zero-order chi connectivity index (χ0) is 15.2.